The predicted octanol–water partition coefficient (Wildman–Crippen LogP) is 3.39. The van der Waals surface area contributed by atoms with E-state index in [1.165, 1.54) is 24.3 Å². The number of rotatable bonds is 2. The van der Waals surface area contributed by atoms with E-state index < -0.39 is 5.82 Å². The molecule has 2 rings (SSSR count). The van der Waals surface area contributed by atoms with E-state index in [0.29, 0.717) is 16.7 Å². The molecule has 2 aromatic carbocycles. The summed E-state index contributed by atoms with van der Waals surface area (Å²) in [4.78, 5) is 12.3. The Hall–Kier alpha value is -2.23. The predicted molar refractivity (Wildman–Crippen MR) is 70.1 cm³/mol. The van der Waals surface area contributed by atoms with E-state index in [0.717, 1.165) is 6.07 Å². The first-order chi connectivity index (χ1) is 8.90. The van der Waals surface area contributed by atoms with Crippen LogP contribution < -0.4 is 5.73 Å². The molecule has 98 valence electrons. The summed E-state index contributed by atoms with van der Waals surface area (Å²) in [5, 5.41) is 0. The Morgan fingerprint density at radius 1 is 1.05 bits per heavy atom. The van der Waals surface area contributed by atoms with Crippen LogP contribution in [0.1, 0.15) is 27.0 Å². The van der Waals surface area contributed by atoms with Crippen molar-refractivity contribution in [2.24, 2.45) is 0 Å². The monoisotopic (exact) mass is 261 g/mol. The lowest BCUT2D eigenvalue weighted by Crippen LogP contribution is -2.07. The number of aryl methyl sites for hydroxylation is 2. The van der Waals surface area contributed by atoms with Crippen LogP contribution in [0.3, 0.4) is 0 Å². The summed E-state index contributed by atoms with van der Waals surface area (Å²) < 4.78 is 26.5. The quantitative estimate of drug-likeness (QED) is 0.665. The van der Waals surface area contributed by atoms with Crippen molar-refractivity contribution < 1.29 is 13.6 Å². The van der Waals surface area contributed by atoms with Crippen LogP contribution in [0.15, 0.2) is 30.3 Å². The van der Waals surface area contributed by atoms with Crippen LogP contribution in [-0.2, 0) is 0 Å². The average molecular weight is 261 g/mol. The summed E-state index contributed by atoms with van der Waals surface area (Å²) in [6, 6.07) is 6.53. The lowest BCUT2D eigenvalue weighted by atomic mass is 9.98. The van der Waals surface area contributed by atoms with Gasteiger partial charge in [0.2, 0.25) is 0 Å². The van der Waals surface area contributed by atoms with Gasteiger partial charge in [-0.15, -0.1) is 0 Å². The first-order valence-corrected chi connectivity index (χ1v) is 5.76. The molecule has 0 spiro atoms. The van der Waals surface area contributed by atoms with Gasteiger partial charge in [-0.25, -0.2) is 8.78 Å². The molecule has 0 radical (unpaired) electrons. The number of carbonyl (C=O) groups is 1. The van der Waals surface area contributed by atoms with E-state index in [2.05, 4.69) is 0 Å². The molecule has 2 nitrogen and oxygen atoms in total. The highest BCUT2D eigenvalue weighted by Crippen LogP contribution is 2.21. The molecule has 0 atom stereocenters. The molecular formula is C15H13F2NO. The van der Waals surface area contributed by atoms with Crippen LogP contribution in [0.4, 0.5) is 14.5 Å². The van der Waals surface area contributed by atoms with E-state index >= 15 is 0 Å². The molecule has 0 heterocycles. The summed E-state index contributed by atoms with van der Waals surface area (Å²) in [6.45, 7) is 3.18. The van der Waals surface area contributed by atoms with Crippen molar-refractivity contribution in [3.8, 4) is 0 Å². The summed E-state index contributed by atoms with van der Waals surface area (Å²) in [5.41, 5.74) is 7.05. The molecule has 4 heteroatoms. The molecule has 0 unspecified atom stereocenters. The van der Waals surface area contributed by atoms with Crippen LogP contribution in [0, 0.1) is 25.5 Å². The van der Waals surface area contributed by atoms with Crippen molar-refractivity contribution in [2.75, 3.05) is 5.73 Å². The SMILES string of the molecule is Cc1cc(C(=O)c2ccc(F)cc2N)cc(C)c1F. The minimum atomic E-state index is -0.500. The highest BCUT2D eigenvalue weighted by molar-refractivity contribution is 6.12. The van der Waals surface area contributed by atoms with Gasteiger partial charge >= 0.3 is 0 Å². The summed E-state index contributed by atoms with van der Waals surface area (Å²) in [5.74, 6) is -1.17. The number of hydrogen-bond acceptors (Lipinski definition) is 2. The van der Waals surface area contributed by atoms with Crippen molar-refractivity contribution in [1.29, 1.82) is 0 Å². The molecule has 0 aromatic heterocycles. The maximum atomic E-state index is 13.5. The molecule has 2 N–H and O–H groups in total. The number of nitrogens with two attached hydrogens (primary N) is 1. The number of anilines is 1. The highest BCUT2D eigenvalue weighted by atomic mass is 19.1. The van der Waals surface area contributed by atoms with Crippen LogP contribution in [-0.4, -0.2) is 5.78 Å². The van der Waals surface area contributed by atoms with Gasteiger partial charge in [0.15, 0.2) is 5.78 Å². The number of benzene rings is 2. The van der Waals surface area contributed by atoms with Crippen LogP contribution in [0.5, 0.6) is 0 Å². The van der Waals surface area contributed by atoms with E-state index in [-0.39, 0.29) is 22.9 Å². The molecule has 0 amide bonds. The first kappa shape index (κ1) is 13.2. The maximum Gasteiger partial charge on any atom is 0.195 e. The fourth-order valence-corrected chi connectivity index (χ4v) is 1.97. The molecular weight excluding hydrogens is 248 g/mol. The van der Waals surface area contributed by atoms with Crippen LogP contribution in [0.2, 0.25) is 0 Å². The molecule has 19 heavy (non-hydrogen) atoms. The summed E-state index contributed by atoms with van der Waals surface area (Å²) >= 11 is 0. The molecule has 0 aliphatic heterocycles. The Morgan fingerprint density at radius 2 is 1.63 bits per heavy atom. The number of halogens is 2. The molecule has 0 aliphatic rings. The zero-order valence-corrected chi connectivity index (χ0v) is 10.6. The number of nitrogen functional groups attached to an aromatic ring is 1. The third kappa shape index (κ3) is 2.47. The lowest BCUT2D eigenvalue weighted by molar-refractivity contribution is 0.103. The van der Waals surface area contributed by atoms with Crippen molar-refractivity contribution in [1.82, 2.24) is 0 Å². The van der Waals surface area contributed by atoms with E-state index in [4.69, 9.17) is 5.73 Å². The Balaban J connectivity index is 2.50. The van der Waals surface area contributed by atoms with Crippen molar-refractivity contribution in [2.45, 2.75) is 13.8 Å². The van der Waals surface area contributed by atoms with Gasteiger partial charge in [0, 0.05) is 16.8 Å². The summed E-state index contributed by atoms with van der Waals surface area (Å²) in [6.07, 6.45) is 0. The fourth-order valence-electron chi connectivity index (χ4n) is 1.97. The van der Waals surface area contributed by atoms with Gasteiger partial charge in [-0.05, 0) is 55.3 Å². The van der Waals surface area contributed by atoms with Crippen molar-refractivity contribution in [3.05, 3.63) is 64.2 Å². The van der Waals surface area contributed by atoms with Gasteiger partial charge in [-0.1, -0.05) is 0 Å². The lowest BCUT2D eigenvalue weighted by Gasteiger charge is -2.08. The van der Waals surface area contributed by atoms with Crippen molar-refractivity contribution >= 4 is 11.5 Å². The number of hydrogen-bond donors (Lipinski definition) is 1. The molecule has 0 saturated heterocycles. The normalized spacial score (nSPS) is 10.5. The van der Waals surface area contributed by atoms with Gasteiger partial charge in [0.25, 0.3) is 0 Å². The molecule has 0 fully saturated rings. The fraction of sp³-hybridized carbons (Fsp3) is 0.133. The minimum Gasteiger partial charge on any atom is -0.398 e. The van der Waals surface area contributed by atoms with E-state index in [9.17, 15) is 13.6 Å². The minimum absolute atomic E-state index is 0.0737. The molecule has 0 aliphatic carbocycles. The van der Waals surface area contributed by atoms with Gasteiger partial charge in [0.1, 0.15) is 11.6 Å². The second kappa shape index (κ2) is 4.80. The molecule has 0 bridgehead atoms. The second-order valence-electron chi connectivity index (χ2n) is 4.48. The molecule has 2 aromatic rings. The Kier molecular flexibility index (Phi) is 3.34. The second-order valence-corrected chi connectivity index (χ2v) is 4.48. The third-order valence-electron chi connectivity index (χ3n) is 2.96. The molecule has 0 saturated carbocycles. The van der Waals surface area contributed by atoms with Crippen LogP contribution >= 0.6 is 0 Å². The number of ketones is 1. The first-order valence-electron chi connectivity index (χ1n) is 5.76. The summed E-state index contributed by atoms with van der Waals surface area (Å²) in [7, 11) is 0. The largest absolute Gasteiger partial charge is 0.398 e. The third-order valence-corrected chi connectivity index (χ3v) is 2.96. The number of carbonyl (C=O) groups excluding carboxylic acids is 1. The smallest absolute Gasteiger partial charge is 0.195 e. The van der Waals surface area contributed by atoms with E-state index in [1.54, 1.807) is 13.8 Å². The van der Waals surface area contributed by atoms with E-state index in [1.807, 2.05) is 0 Å². The van der Waals surface area contributed by atoms with Crippen LogP contribution in [0.25, 0.3) is 0 Å². The van der Waals surface area contributed by atoms with Gasteiger partial charge in [-0.3, -0.25) is 4.79 Å². The highest BCUT2D eigenvalue weighted by Gasteiger charge is 2.15. The van der Waals surface area contributed by atoms with Crippen molar-refractivity contribution in [3.63, 3.8) is 0 Å². The Morgan fingerprint density at radius 3 is 2.16 bits per heavy atom. The zero-order valence-electron chi connectivity index (χ0n) is 10.6. The standard InChI is InChI=1S/C15H13F2NO/c1-8-5-10(6-9(2)14(8)17)15(19)12-4-3-11(16)7-13(12)18/h3-7H,18H2,1-2H3. The Labute approximate surface area is 109 Å². The zero-order chi connectivity index (χ0) is 14.2. The Bertz CT molecular complexity index is 642. The topological polar surface area (TPSA) is 43.1 Å². The van der Waals surface area contributed by atoms with Gasteiger partial charge < -0.3 is 5.73 Å². The maximum absolute atomic E-state index is 13.5. The van der Waals surface area contributed by atoms with Gasteiger partial charge in [0.05, 0.1) is 0 Å². The van der Waals surface area contributed by atoms with Gasteiger partial charge in [-0.2, -0.15) is 0 Å². The average Bonchev–Trinajstić information content (AvgIpc) is 2.34.